The molecule has 2 saturated heterocycles. The predicted molar refractivity (Wildman–Crippen MR) is 95.7 cm³/mol. The van der Waals surface area contributed by atoms with E-state index in [1.54, 1.807) is 0 Å². The van der Waals surface area contributed by atoms with Crippen molar-refractivity contribution in [3.05, 3.63) is 28.8 Å². The van der Waals surface area contributed by atoms with Gasteiger partial charge in [-0.2, -0.15) is 0 Å². The molecule has 22 heavy (non-hydrogen) atoms. The van der Waals surface area contributed by atoms with Crippen LogP contribution in [0.3, 0.4) is 0 Å². The molecule has 0 amide bonds. The molecule has 1 aromatic rings. The Hall–Kier alpha value is -1.02. The second-order valence-corrected chi connectivity index (χ2v) is 7.49. The molecule has 0 unspecified atom stereocenters. The lowest BCUT2D eigenvalue weighted by atomic mass is 9.81. The highest BCUT2D eigenvalue weighted by atomic mass is 15.2. The van der Waals surface area contributed by atoms with Crippen molar-refractivity contribution >= 4 is 5.69 Å². The smallest absolute Gasteiger partial charge is 0.0399 e. The van der Waals surface area contributed by atoms with Gasteiger partial charge in [-0.3, -0.25) is 0 Å². The Kier molecular flexibility index (Phi) is 5.07. The van der Waals surface area contributed by atoms with Crippen LogP contribution in [0.15, 0.2) is 12.1 Å². The van der Waals surface area contributed by atoms with Crippen molar-refractivity contribution in [1.29, 1.82) is 0 Å². The molecule has 0 aromatic heterocycles. The molecule has 2 aliphatic rings. The highest BCUT2D eigenvalue weighted by Crippen LogP contribution is 2.33. The summed E-state index contributed by atoms with van der Waals surface area (Å²) in [6.07, 6.45) is 8.48. The van der Waals surface area contributed by atoms with E-state index in [0.29, 0.717) is 0 Å². The van der Waals surface area contributed by atoms with Crippen LogP contribution in [0, 0.1) is 26.7 Å². The number of hydrogen-bond donors (Lipinski definition) is 1. The van der Waals surface area contributed by atoms with Gasteiger partial charge in [-0.25, -0.2) is 0 Å². The molecule has 0 saturated carbocycles. The lowest BCUT2D eigenvalue weighted by Crippen LogP contribution is -2.48. The van der Waals surface area contributed by atoms with E-state index < -0.39 is 0 Å². The number of fused-ring (bicyclic) bond motifs is 1. The first-order valence-electron chi connectivity index (χ1n) is 9.21. The standard InChI is InChI=1S/C20H32N2/c1-15-13-16(2)20(17(3)14-15)21-10-9-18-7-6-12-22-11-5-4-8-19(18)22/h13-14,18-19,21H,4-12H2,1-3H3/t18-,19+/m0/s1. The van der Waals surface area contributed by atoms with Gasteiger partial charge in [-0.05, 0) is 83.0 Å². The minimum Gasteiger partial charge on any atom is -0.385 e. The molecule has 2 aliphatic heterocycles. The average molecular weight is 300 g/mol. The number of nitrogens with one attached hydrogen (secondary N) is 1. The second kappa shape index (κ2) is 7.04. The molecule has 2 heterocycles. The lowest BCUT2D eigenvalue weighted by molar-refractivity contribution is 0.0573. The van der Waals surface area contributed by atoms with Gasteiger partial charge in [-0.15, -0.1) is 0 Å². The Balaban J connectivity index is 1.56. The van der Waals surface area contributed by atoms with E-state index in [-0.39, 0.29) is 0 Å². The van der Waals surface area contributed by atoms with Crippen LogP contribution in [0.2, 0.25) is 0 Å². The van der Waals surface area contributed by atoms with Crippen molar-refractivity contribution in [3.8, 4) is 0 Å². The maximum Gasteiger partial charge on any atom is 0.0399 e. The zero-order valence-corrected chi connectivity index (χ0v) is 14.6. The summed E-state index contributed by atoms with van der Waals surface area (Å²) in [5.41, 5.74) is 5.51. The number of anilines is 1. The second-order valence-electron chi connectivity index (χ2n) is 7.49. The Morgan fingerprint density at radius 2 is 1.73 bits per heavy atom. The first-order chi connectivity index (χ1) is 10.6. The van der Waals surface area contributed by atoms with E-state index >= 15 is 0 Å². The van der Waals surface area contributed by atoms with Gasteiger partial charge in [0.25, 0.3) is 0 Å². The molecule has 1 N–H and O–H groups in total. The first kappa shape index (κ1) is 15.9. The molecule has 2 nitrogen and oxygen atoms in total. The molecule has 0 spiro atoms. The highest BCUT2D eigenvalue weighted by molar-refractivity contribution is 5.58. The number of piperidine rings is 2. The van der Waals surface area contributed by atoms with Crippen LogP contribution in [0.5, 0.6) is 0 Å². The van der Waals surface area contributed by atoms with Gasteiger partial charge in [0.2, 0.25) is 0 Å². The fourth-order valence-electron chi connectivity index (χ4n) is 4.76. The van der Waals surface area contributed by atoms with E-state index in [0.717, 1.165) is 18.5 Å². The molecule has 2 fully saturated rings. The van der Waals surface area contributed by atoms with Crippen LogP contribution < -0.4 is 5.32 Å². The third-order valence-corrected chi connectivity index (χ3v) is 5.72. The molecular weight excluding hydrogens is 268 g/mol. The van der Waals surface area contributed by atoms with Crippen molar-refractivity contribution in [1.82, 2.24) is 4.90 Å². The molecule has 1 aromatic carbocycles. The van der Waals surface area contributed by atoms with Gasteiger partial charge >= 0.3 is 0 Å². The predicted octanol–water partition coefficient (Wildman–Crippen LogP) is 4.68. The van der Waals surface area contributed by atoms with Crippen molar-refractivity contribution in [2.24, 2.45) is 5.92 Å². The third-order valence-electron chi connectivity index (χ3n) is 5.72. The minimum absolute atomic E-state index is 0.879. The number of aryl methyl sites for hydroxylation is 3. The van der Waals surface area contributed by atoms with Crippen molar-refractivity contribution in [2.45, 2.75) is 65.3 Å². The monoisotopic (exact) mass is 300 g/mol. The van der Waals surface area contributed by atoms with Gasteiger partial charge in [0.1, 0.15) is 0 Å². The fraction of sp³-hybridized carbons (Fsp3) is 0.700. The number of rotatable bonds is 4. The van der Waals surface area contributed by atoms with E-state index in [9.17, 15) is 0 Å². The highest BCUT2D eigenvalue weighted by Gasteiger charge is 2.32. The zero-order valence-electron chi connectivity index (χ0n) is 14.6. The Bertz CT molecular complexity index is 483. The normalized spacial score (nSPS) is 25.8. The molecule has 2 atom stereocenters. The van der Waals surface area contributed by atoms with Crippen LogP contribution in [0.4, 0.5) is 5.69 Å². The zero-order chi connectivity index (χ0) is 15.5. The Morgan fingerprint density at radius 3 is 2.50 bits per heavy atom. The Morgan fingerprint density at radius 1 is 1.00 bits per heavy atom. The summed E-state index contributed by atoms with van der Waals surface area (Å²) in [5, 5.41) is 3.73. The summed E-state index contributed by atoms with van der Waals surface area (Å²) in [4.78, 5) is 2.78. The first-order valence-corrected chi connectivity index (χ1v) is 9.21. The summed E-state index contributed by atoms with van der Waals surface area (Å²) in [5.74, 6) is 0.910. The van der Waals surface area contributed by atoms with Crippen LogP contribution in [0.25, 0.3) is 0 Å². The van der Waals surface area contributed by atoms with Crippen LogP contribution in [0.1, 0.15) is 55.2 Å². The number of hydrogen-bond acceptors (Lipinski definition) is 2. The van der Waals surface area contributed by atoms with Gasteiger partial charge in [-0.1, -0.05) is 24.1 Å². The average Bonchev–Trinajstić information content (AvgIpc) is 2.50. The maximum absolute atomic E-state index is 3.73. The molecule has 0 aliphatic carbocycles. The van der Waals surface area contributed by atoms with Gasteiger partial charge < -0.3 is 10.2 Å². The van der Waals surface area contributed by atoms with Crippen molar-refractivity contribution in [3.63, 3.8) is 0 Å². The lowest BCUT2D eigenvalue weighted by Gasteiger charge is -2.44. The van der Waals surface area contributed by atoms with E-state index in [4.69, 9.17) is 0 Å². The fourth-order valence-corrected chi connectivity index (χ4v) is 4.76. The molecule has 2 heteroatoms. The van der Waals surface area contributed by atoms with Crippen LogP contribution in [-0.2, 0) is 0 Å². The maximum atomic E-state index is 3.73. The summed E-state index contributed by atoms with van der Waals surface area (Å²) >= 11 is 0. The number of benzene rings is 1. The SMILES string of the molecule is Cc1cc(C)c(NCC[C@@H]2CCCN3CCCC[C@H]23)c(C)c1. The summed E-state index contributed by atoms with van der Waals surface area (Å²) in [6.45, 7) is 10.5. The van der Waals surface area contributed by atoms with E-state index in [2.05, 4.69) is 43.1 Å². The minimum atomic E-state index is 0.879. The van der Waals surface area contributed by atoms with Gasteiger partial charge in [0, 0.05) is 18.3 Å². The molecule has 122 valence electrons. The van der Waals surface area contributed by atoms with E-state index in [1.807, 2.05) is 0 Å². The summed E-state index contributed by atoms with van der Waals surface area (Å²) < 4.78 is 0. The van der Waals surface area contributed by atoms with Gasteiger partial charge in [0.15, 0.2) is 0 Å². The summed E-state index contributed by atoms with van der Waals surface area (Å²) in [7, 11) is 0. The van der Waals surface area contributed by atoms with Gasteiger partial charge in [0.05, 0.1) is 0 Å². The summed E-state index contributed by atoms with van der Waals surface area (Å²) in [6, 6.07) is 5.46. The molecule has 3 rings (SSSR count). The van der Waals surface area contributed by atoms with Crippen molar-refractivity contribution in [2.75, 3.05) is 25.0 Å². The molecule has 0 radical (unpaired) electrons. The topological polar surface area (TPSA) is 15.3 Å². The van der Waals surface area contributed by atoms with Crippen LogP contribution in [-0.4, -0.2) is 30.6 Å². The van der Waals surface area contributed by atoms with Crippen molar-refractivity contribution < 1.29 is 0 Å². The molecule has 0 bridgehead atoms. The Labute approximate surface area is 136 Å². The molecular formula is C20H32N2. The third kappa shape index (κ3) is 3.48. The van der Waals surface area contributed by atoms with E-state index in [1.165, 1.54) is 74.0 Å². The van der Waals surface area contributed by atoms with Crippen LogP contribution >= 0.6 is 0 Å². The number of nitrogens with zero attached hydrogens (tertiary/aromatic N) is 1. The largest absolute Gasteiger partial charge is 0.385 e. The quantitative estimate of drug-likeness (QED) is 0.868.